The zero-order valence-electron chi connectivity index (χ0n) is 13.4. The SMILES string of the molecule is O=C(OCc1ccc([N+](=O)[O-])cc1)OCC1C(=O)NC1S(=O)(=O)CCO. The number of benzene rings is 1. The lowest BCUT2D eigenvalue weighted by molar-refractivity contribution is -0.384. The van der Waals surface area contributed by atoms with Crippen molar-refractivity contribution in [3.63, 3.8) is 0 Å². The van der Waals surface area contributed by atoms with E-state index in [-0.39, 0.29) is 12.3 Å². The van der Waals surface area contributed by atoms with Gasteiger partial charge in [-0.1, -0.05) is 0 Å². The summed E-state index contributed by atoms with van der Waals surface area (Å²) in [5, 5.41) is 20.2. The third-order valence-electron chi connectivity index (χ3n) is 3.63. The van der Waals surface area contributed by atoms with Gasteiger partial charge in [-0.05, 0) is 17.7 Å². The number of carbonyl (C=O) groups is 2. The Balaban J connectivity index is 1.81. The van der Waals surface area contributed by atoms with Crippen molar-refractivity contribution in [3.8, 4) is 0 Å². The molecule has 0 radical (unpaired) electrons. The molecule has 0 aromatic heterocycles. The maximum Gasteiger partial charge on any atom is 0.508 e. The highest BCUT2D eigenvalue weighted by Crippen LogP contribution is 2.21. The van der Waals surface area contributed by atoms with Crippen LogP contribution in [0.2, 0.25) is 0 Å². The molecule has 0 aliphatic carbocycles. The Hall–Kier alpha value is -2.73. The Morgan fingerprint density at radius 2 is 1.92 bits per heavy atom. The summed E-state index contributed by atoms with van der Waals surface area (Å²) in [6.45, 7) is -1.28. The van der Waals surface area contributed by atoms with Gasteiger partial charge in [0.25, 0.3) is 5.69 Å². The van der Waals surface area contributed by atoms with Crippen LogP contribution in [0.15, 0.2) is 24.3 Å². The van der Waals surface area contributed by atoms with Crippen molar-refractivity contribution in [1.82, 2.24) is 5.32 Å². The van der Waals surface area contributed by atoms with Gasteiger partial charge < -0.3 is 19.9 Å². The number of nitro benzene ring substituents is 1. The molecule has 2 unspecified atom stereocenters. The number of ether oxygens (including phenoxy) is 2. The van der Waals surface area contributed by atoms with Crippen LogP contribution in [0.3, 0.4) is 0 Å². The average Bonchev–Trinajstić information content (AvgIpc) is 2.58. The molecule has 0 saturated carbocycles. The van der Waals surface area contributed by atoms with Crippen LogP contribution in [-0.2, 0) is 30.7 Å². The summed E-state index contributed by atoms with van der Waals surface area (Å²) in [6.07, 6.45) is -1.11. The van der Waals surface area contributed by atoms with Crippen molar-refractivity contribution < 1.29 is 37.5 Å². The molecule has 12 heteroatoms. The summed E-state index contributed by atoms with van der Waals surface area (Å²) < 4.78 is 33.2. The molecule has 0 bridgehead atoms. The second kappa shape index (κ2) is 8.10. The molecule has 1 heterocycles. The Labute approximate surface area is 148 Å². The number of carbonyl (C=O) groups excluding carboxylic acids is 2. The molecule has 2 rings (SSSR count). The maximum atomic E-state index is 11.8. The lowest BCUT2D eigenvalue weighted by Gasteiger charge is -2.35. The van der Waals surface area contributed by atoms with E-state index in [1.165, 1.54) is 24.3 Å². The summed E-state index contributed by atoms with van der Waals surface area (Å²) in [7, 11) is -3.74. The zero-order chi connectivity index (χ0) is 19.3. The van der Waals surface area contributed by atoms with Crippen LogP contribution in [-0.4, -0.2) is 54.9 Å². The molecule has 1 saturated heterocycles. The molecule has 1 fully saturated rings. The number of aliphatic hydroxyl groups excluding tert-OH is 1. The van der Waals surface area contributed by atoms with E-state index in [2.05, 4.69) is 5.32 Å². The number of nitro groups is 1. The molecule has 142 valence electrons. The third kappa shape index (κ3) is 4.67. The van der Waals surface area contributed by atoms with Gasteiger partial charge in [-0.15, -0.1) is 0 Å². The van der Waals surface area contributed by atoms with Crippen molar-refractivity contribution in [2.24, 2.45) is 5.92 Å². The highest BCUT2D eigenvalue weighted by Gasteiger charge is 2.47. The summed E-state index contributed by atoms with van der Waals surface area (Å²) in [4.78, 5) is 33.0. The van der Waals surface area contributed by atoms with Gasteiger partial charge in [0.1, 0.15) is 24.5 Å². The predicted molar refractivity (Wildman–Crippen MR) is 85.5 cm³/mol. The van der Waals surface area contributed by atoms with Gasteiger partial charge in [-0.25, -0.2) is 13.2 Å². The standard InChI is InChI=1S/C14H16N2O9S/c17-5-6-26(22,23)13-11(12(18)15-13)8-25-14(19)24-7-9-1-3-10(4-2-9)16(20)21/h1-4,11,13,17H,5-8H2,(H,15,18). The van der Waals surface area contributed by atoms with Crippen molar-refractivity contribution >= 4 is 27.6 Å². The monoisotopic (exact) mass is 388 g/mol. The van der Waals surface area contributed by atoms with Crippen molar-refractivity contribution in [2.75, 3.05) is 19.0 Å². The van der Waals surface area contributed by atoms with Gasteiger partial charge in [0.2, 0.25) is 5.91 Å². The average molecular weight is 388 g/mol. The van der Waals surface area contributed by atoms with Crippen LogP contribution >= 0.6 is 0 Å². The van der Waals surface area contributed by atoms with Gasteiger partial charge >= 0.3 is 6.16 Å². The number of hydrogen-bond donors (Lipinski definition) is 2. The first-order chi connectivity index (χ1) is 12.2. The second-order valence-electron chi connectivity index (χ2n) is 5.40. The maximum absolute atomic E-state index is 11.8. The van der Waals surface area contributed by atoms with E-state index >= 15 is 0 Å². The van der Waals surface area contributed by atoms with E-state index in [0.717, 1.165) is 0 Å². The number of aliphatic hydroxyl groups is 1. The molecule has 1 aliphatic rings. The number of rotatable bonds is 8. The highest BCUT2D eigenvalue weighted by atomic mass is 32.2. The van der Waals surface area contributed by atoms with Gasteiger partial charge in [-0.3, -0.25) is 14.9 Å². The van der Waals surface area contributed by atoms with Crippen LogP contribution in [0.4, 0.5) is 10.5 Å². The van der Waals surface area contributed by atoms with Gasteiger partial charge in [-0.2, -0.15) is 0 Å². The first-order valence-corrected chi connectivity index (χ1v) is 9.12. The number of hydrogen-bond acceptors (Lipinski definition) is 9. The fourth-order valence-corrected chi connectivity index (χ4v) is 3.71. The minimum absolute atomic E-state index is 0.109. The van der Waals surface area contributed by atoms with Gasteiger partial charge in [0.15, 0.2) is 9.84 Å². The van der Waals surface area contributed by atoms with E-state index in [1.54, 1.807) is 0 Å². The normalized spacial score (nSPS) is 19.2. The molecule has 11 nitrogen and oxygen atoms in total. The highest BCUT2D eigenvalue weighted by molar-refractivity contribution is 7.92. The molecule has 1 aromatic carbocycles. The Bertz CT molecular complexity index is 791. The fraction of sp³-hybridized carbons (Fsp3) is 0.429. The number of nitrogens with zero attached hydrogens (tertiary/aromatic N) is 1. The predicted octanol–water partition coefficient (Wildman–Crippen LogP) is -0.273. The fourth-order valence-electron chi connectivity index (χ4n) is 2.20. The van der Waals surface area contributed by atoms with E-state index < -0.39 is 57.1 Å². The van der Waals surface area contributed by atoms with Crippen molar-refractivity contribution in [1.29, 1.82) is 0 Å². The molecule has 0 spiro atoms. The molecule has 1 aromatic rings. The number of amides is 1. The quantitative estimate of drug-likeness (QED) is 0.264. The first-order valence-electron chi connectivity index (χ1n) is 7.40. The minimum atomic E-state index is -3.74. The molecular formula is C14H16N2O9S. The van der Waals surface area contributed by atoms with Crippen molar-refractivity contribution in [3.05, 3.63) is 39.9 Å². The van der Waals surface area contributed by atoms with E-state index in [9.17, 15) is 28.1 Å². The molecule has 2 N–H and O–H groups in total. The van der Waals surface area contributed by atoms with Gasteiger partial charge in [0.05, 0.1) is 17.3 Å². The molecular weight excluding hydrogens is 372 g/mol. The minimum Gasteiger partial charge on any atom is -0.433 e. The van der Waals surface area contributed by atoms with Crippen LogP contribution in [0.1, 0.15) is 5.56 Å². The summed E-state index contributed by atoms with van der Waals surface area (Å²) in [5.41, 5.74) is 0.375. The number of sulfone groups is 1. The Morgan fingerprint density at radius 1 is 1.27 bits per heavy atom. The Morgan fingerprint density at radius 3 is 2.46 bits per heavy atom. The summed E-state index contributed by atoms with van der Waals surface area (Å²) >= 11 is 0. The van der Waals surface area contributed by atoms with Crippen LogP contribution < -0.4 is 5.32 Å². The van der Waals surface area contributed by atoms with E-state index in [4.69, 9.17) is 14.6 Å². The Kier molecular flexibility index (Phi) is 6.10. The molecule has 26 heavy (non-hydrogen) atoms. The number of nitrogens with one attached hydrogen (secondary N) is 1. The summed E-state index contributed by atoms with van der Waals surface area (Å²) in [6, 6.07) is 5.31. The van der Waals surface area contributed by atoms with Crippen LogP contribution in [0.5, 0.6) is 0 Å². The van der Waals surface area contributed by atoms with Crippen molar-refractivity contribution in [2.45, 2.75) is 12.0 Å². The third-order valence-corrected chi connectivity index (χ3v) is 5.61. The molecule has 2 atom stereocenters. The molecule has 1 amide bonds. The lowest BCUT2D eigenvalue weighted by atomic mass is 10.0. The number of β-lactam (4-membered cyclic amide) rings is 1. The lowest BCUT2D eigenvalue weighted by Crippen LogP contribution is -2.63. The second-order valence-corrected chi connectivity index (χ2v) is 7.64. The van der Waals surface area contributed by atoms with Gasteiger partial charge in [0, 0.05) is 12.1 Å². The van der Waals surface area contributed by atoms with Crippen LogP contribution in [0, 0.1) is 16.0 Å². The van der Waals surface area contributed by atoms with E-state index in [1.807, 2.05) is 0 Å². The first kappa shape index (κ1) is 19.6. The van der Waals surface area contributed by atoms with Crippen LogP contribution in [0.25, 0.3) is 0 Å². The number of non-ortho nitro benzene ring substituents is 1. The largest absolute Gasteiger partial charge is 0.508 e. The topological polar surface area (TPSA) is 162 Å². The molecule has 1 aliphatic heterocycles. The summed E-state index contributed by atoms with van der Waals surface area (Å²) in [5.74, 6) is -2.17. The zero-order valence-corrected chi connectivity index (χ0v) is 14.2. The van der Waals surface area contributed by atoms with E-state index in [0.29, 0.717) is 5.56 Å². The smallest absolute Gasteiger partial charge is 0.433 e.